The van der Waals surface area contributed by atoms with Crippen LogP contribution in [0.5, 0.6) is 0 Å². The van der Waals surface area contributed by atoms with Crippen LogP contribution in [0, 0.1) is 0 Å². The molecule has 0 fully saturated rings. The van der Waals surface area contributed by atoms with Crippen molar-refractivity contribution in [1.82, 2.24) is 0 Å². The van der Waals surface area contributed by atoms with E-state index in [4.69, 9.17) is 18.5 Å². The van der Waals surface area contributed by atoms with E-state index in [0.717, 1.165) is 89.9 Å². The van der Waals surface area contributed by atoms with E-state index in [1.807, 2.05) is 0 Å². The van der Waals surface area contributed by atoms with Gasteiger partial charge >= 0.3 is 19.8 Å². The van der Waals surface area contributed by atoms with Crippen LogP contribution in [0.25, 0.3) is 0 Å². The van der Waals surface area contributed by atoms with Crippen molar-refractivity contribution >= 4 is 19.8 Å². The topological polar surface area (TPSA) is 108 Å². The summed E-state index contributed by atoms with van der Waals surface area (Å²) in [5.41, 5.74) is 0. The van der Waals surface area contributed by atoms with Gasteiger partial charge in [0.15, 0.2) is 6.10 Å². The molecule has 0 aliphatic carbocycles. The number of carbonyl (C=O) groups is 2. The summed E-state index contributed by atoms with van der Waals surface area (Å²) in [6.07, 6.45) is 32.0. The minimum atomic E-state index is -4.27. The molecular weight excluding hydrogens is 579 g/mol. The van der Waals surface area contributed by atoms with Crippen LogP contribution in [0.1, 0.15) is 149 Å². The van der Waals surface area contributed by atoms with E-state index in [1.165, 1.54) is 19.3 Å². The smallest absolute Gasteiger partial charge is 0.462 e. The predicted molar refractivity (Wildman–Crippen MR) is 179 cm³/mol. The van der Waals surface area contributed by atoms with Crippen LogP contribution in [0.2, 0.25) is 0 Å². The normalized spacial score (nSPS) is 14.0. The van der Waals surface area contributed by atoms with E-state index >= 15 is 0 Å². The molecule has 0 amide bonds. The highest BCUT2D eigenvalue weighted by Gasteiger charge is 2.25. The van der Waals surface area contributed by atoms with E-state index in [-0.39, 0.29) is 32.0 Å². The standard InChI is InChI=1S/C35H63O8P/c1-4-7-9-11-13-15-17-18-20-22-24-26-28-30-35(37)43-33(32-42-44(38,39)41-6-3)31-40-34(36)29-27-25-23-21-19-16-14-12-10-8-5-2/h9,11-12,14-15,17,33H,4-8,10,13,16,18-32H2,1-3H3,(H,38,39)/b11-9-,14-12-,17-15-. The van der Waals surface area contributed by atoms with Gasteiger partial charge in [0.05, 0.1) is 13.2 Å². The van der Waals surface area contributed by atoms with Crippen molar-refractivity contribution in [2.45, 2.75) is 155 Å². The number of hydrogen-bond acceptors (Lipinski definition) is 7. The lowest BCUT2D eigenvalue weighted by molar-refractivity contribution is -0.161. The van der Waals surface area contributed by atoms with Gasteiger partial charge in [-0.25, -0.2) is 4.57 Å². The Labute approximate surface area is 268 Å². The second-order valence-electron chi connectivity index (χ2n) is 11.2. The molecule has 0 spiro atoms. The third kappa shape index (κ3) is 30.3. The summed E-state index contributed by atoms with van der Waals surface area (Å²) < 4.78 is 32.4. The zero-order chi connectivity index (χ0) is 32.6. The quantitative estimate of drug-likeness (QED) is 0.0344. The highest BCUT2D eigenvalue weighted by Crippen LogP contribution is 2.43. The van der Waals surface area contributed by atoms with Crippen LogP contribution in [0.4, 0.5) is 0 Å². The van der Waals surface area contributed by atoms with Gasteiger partial charge in [-0.1, -0.05) is 108 Å². The molecule has 0 saturated carbocycles. The van der Waals surface area contributed by atoms with Crippen molar-refractivity contribution in [2.24, 2.45) is 0 Å². The van der Waals surface area contributed by atoms with Gasteiger partial charge in [-0.15, -0.1) is 0 Å². The maximum atomic E-state index is 12.4. The largest absolute Gasteiger partial charge is 0.472 e. The lowest BCUT2D eigenvalue weighted by Gasteiger charge is -2.19. The number of unbranched alkanes of at least 4 members (excludes halogenated alkanes) is 13. The number of allylic oxidation sites excluding steroid dienone is 6. The predicted octanol–water partition coefficient (Wildman–Crippen LogP) is 10.1. The van der Waals surface area contributed by atoms with Crippen molar-refractivity contribution in [1.29, 1.82) is 0 Å². The fraction of sp³-hybridized carbons (Fsp3) is 0.771. The summed E-state index contributed by atoms with van der Waals surface area (Å²) in [5.74, 6) is -0.831. The third-order valence-corrected chi connectivity index (χ3v) is 7.96. The number of hydrogen-bond donors (Lipinski definition) is 1. The summed E-state index contributed by atoms with van der Waals surface area (Å²) in [4.78, 5) is 34.4. The molecule has 0 bridgehead atoms. The molecular formula is C35H63O8P. The van der Waals surface area contributed by atoms with E-state index < -0.39 is 26.5 Å². The molecule has 0 heterocycles. The Bertz CT molecular complexity index is 824. The maximum absolute atomic E-state index is 12.4. The summed E-state index contributed by atoms with van der Waals surface area (Å²) in [5, 5.41) is 0. The first-order valence-corrected chi connectivity index (χ1v) is 18.8. The average Bonchev–Trinajstić information content (AvgIpc) is 2.99. The molecule has 0 aromatic heterocycles. The van der Waals surface area contributed by atoms with Gasteiger partial charge < -0.3 is 14.4 Å². The molecule has 8 nitrogen and oxygen atoms in total. The number of esters is 2. The molecule has 1 N–H and O–H groups in total. The summed E-state index contributed by atoms with van der Waals surface area (Å²) in [6, 6.07) is 0. The summed E-state index contributed by atoms with van der Waals surface area (Å²) in [6.45, 7) is 5.31. The van der Waals surface area contributed by atoms with Crippen LogP contribution in [0.15, 0.2) is 36.5 Å². The Morgan fingerprint density at radius 1 is 0.614 bits per heavy atom. The monoisotopic (exact) mass is 642 g/mol. The average molecular weight is 643 g/mol. The SMILES string of the molecule is CCC/C=C\C/C=C\CCCCCCCC(=O)OC(COC(=O)CCCCCCC/C=C\CCCC)COP(=O)(O)OCC. The molecule has 0 radical (unpaired) electrons. The van der Waals surface area contributed by atoms with Gasteiger partial charge in [-0.05, 0) is 64.7 Å². The van der Waals surface area contributed by atoms with Gasteiger partial charge in [-0.3, -0.25) is 18.6 Å². The fourth-order valence-corrected chi connectivity index (χ4v) is 5.11. The van der Waals surface area contributed by atoms with Crippen molar-refractivity contribution in [3.05, 3.63) is 36.5 Å². The number of phosphoric ester groups is 1. The zero-order valence-corrected chi connectivity index (χ0v) is 29.0. The van der Waals surface area contributed by atoms with E-state index in [9.17, 15) is 19.0 Å². The summed E-state index contributed by atoms with van der Waals surface area (Å²) in [7, 11) is -4.27. The third-order valence-electron chi connectivity index (χ3n) is 6.90. The van der Waals surface area contributed by atoms with Crippen molar-refractivity contribution in [3.63, 3.8) is 0 Å². The molecule has 0 rings (SSSR count). The Morgan fingerprint density at radius 3 is 1.73 bits per heavy atom. The maximum Gasteiger partial charge on any atom is 0.472 e. The molecule has 2 unspecified atom stereocenters. The van der Waals surface area contributed by atoms with Crippen LogP contribution in [0.3, 0.4) is 0 Å². The van der Waals surface area contributed by atoms with Gasteiger partial charge in [0, 0.05) is 12.8 Å². The molecule has 0 aliphatic heterocycles. The number of carbonyl (C=O) groups excluding carboxylic acids is 2. The van der Waals surface area contributed by atoms with E-state index in [1.54, 1.807) is 6.92 Å². The Morgan fingerprint density at radius 2 is 1.14 bits per heavy atom. The molecule has 256 valence electrons. The molecule has 0 aliphatic rings. The second kappa shape index (κ2) is 31.3. The van der Waals surface area contributed by atoms with Gasteiger partial charge in [-0.2, -0.15) is 0 Å². The molecule has 44 heavy (non-hydrogen) atoms. The lowest BCUT2D eigenvalue weighted by Crippen LogP contribution is -2.29. The lowest BCUT2D eigenvalue weighted by atomic mass is 10.1. The Hall–Kier alpha value is -1.73. The van der Waals surface area contributed by atoms with Crippen molar-refractivity contribution < 1.29 is 37.6 Å². The molecule has 0 saturated heterocycles. The molecule has 0 aromatic carbocycles. The van der Waals surface area contributed by atoms with E-state index in [0.29, 0.717) is 6.42 Å². The minimum Gasteiger partial charge on any atom is -0.462 e. The fourth-order valence-electron chi connectivity index (χ4n) is 4.35. The highest BCUT2D eigenvalue weighted by molar-refractivity contribution is 7.47. The van der Waals surface area contributed by atoms with Gasteiger partial charge in [0.1, 0.15) is 6.61 Å². The Balaban J connectivity index is 4.25. The minimum absolute atomic E-state index is 0.00441. The molecule has 9 heteroatoms. The van der Waals surface area contributed by atoms with Crippen molar-refractivity contribution in [3.8, 4) is 0 Å². The number of ether oxygens (including phenoxy) is 2. The van der Waals surface area contributed by atoms with Gasteiger partial charge in [0.25, 0.3) is 0 Å². The highest BCUT2D eigenvalue weighted by atomic mass is 31.2. The van der Waals surface area contributed by atoms with Gasteiger partial charge in [0.2, 0.25) is 0 Å². The first-order chi connectivity index (χ1) is 21.3. The molecule has 0 aromatic rings. The van der Waals surface area contributed by atoms with Crippen LogP contribution in [-0.2, 0) is 32.7 Å². The molecule has 2 atom stereocenters. The second-order valence-corrected chi connectivity index (χ2v) is 12.6. The van der Waals surface area contributed by atoms with Crippen molar-refractivity contribution in [2.75, 3.05) is 19.8 Å². The van der Waals surface area contributed by atoms with Crippen LogP contribution < -0.4 is 0 Å². The van der Waals surface area contributed by atoms with Crippen LogP contribution >= 0.6 is 7.82 Å². The zero-order valence-electron chi connectivity index (χ0n) is 28.1. The first kappa shape index (κ1) is 42.3. The number of rotatable bonds is 31. The van der Waals surface area contributed by atoms with E-state index in [2.05, 4.69) is 50.3 Å². The van der Waals surface area contributed by atoms with Crippen LogP contribution in [-0.4, -0.2) is 42.8 Å². The first-order valence-electron chi connectivity index (χ1n) is 17.3. The summed E-state index contributed by atoms with van der Waals surface area (Å²) >= 11 is 0. The number of phosphoric acid groups is 1. The Kier molecular flexibility index (Phi) is 30.0.